The summed E-state index contributed by atoms with van der Waals surface area (Å²) in [4.78, 5) is 2.29. The zero-order chi connectivity index (χ0) is 15.5. The van der Waals surface area contributed by atoms with E-state index in [9.17, 15) is 8.42 Å². The Balaban J connectivity index is 2.06. The first-order valence-electron chi connectivity index (χ1n) is 7.00. The monoisotopic (exact) mass is 314 g/mol. The smallest absolute Gasteiger partial charge is 0.241 e. The van der Waals surface area contributed by atoms with E-state index in [4.69, 9.17) is 14.6 Å². The first-order valence-corrected chi connectivity index (χ1v) is 8.55. The molecule has 118 valence electrons. The number of hydrogen-bond donors (Lipinski definition) is 1. The summed E-state index contributed by atoms with van der Waals surface area (Å²) in [5, 5.41) is 5.23. The van der Waals surface area contributed by atoms with Crippen LogP contribution < -0.4 is 9.88 Å². The minimum Gasteiger partial charge on any atom is -0.489 e. The fourth-order valence-electron chi connectivity index (χ4n) is 2.31. The Bertz CT molecular complexity index is 589. The molecule has 1 heterocycles. The van der Waals surface area contributed by atoms with Crippen molar-refractivity contribution in [2.75, 3.05) is 32.8 Å². The van der Waals surface area contributed by atoms with Crippen molar-refractivity contribution >= 4 is 10.0 Å². The predicted octanol–water partition coefficient (Wildman–Crippen LogP) is 0.742. The van der Waals surface area contributed by atoms with Crippen LogP contribution in [-0.4, -0.2) is 52.3 Å². The Morgan fingerprint density at radius 1 is 1.48 bits per heavy atom. The van der Waals surface area contributed by atoms with Gasteiger partial charge in [0.25, 0.3) is 0 Å². The van der Waals surface area contributed by atoms with Crippen LogP contribution in [0, 0.1) is 6.92 Å². The predicted molar refractivity (Wildman–Crippen MR) is 79.9 cm³/mol. The summed E-state index contributed by atoms with van der Waals surface area (Å²) in [5.41, 5.74) is 0.817. The Labute approximate surface area is 125 Å². The van der Waals surface area contributed by atoms with Crippen molar-refractivity contribution in [2.24, 2.45) is 5.14 Å². The first-order chi connectivity index (χ1) is 9.90. The highest BCUT2D eigenvalue weighted by molar-refractivity contribution is 7.89. The van der Waals surface area contributed by atoms with Crippen molar-refractivity contribution in [3.63, 3.8) is 0 Å². The van der Waals surface area contributed by atoms with Gasteiger partial charge in [-0.05, 0) is 31.2 Å². The fraction of sp³-hybridized carbons (Fsp3) is 0.571. The molecule has 0 saturated carbocycles. The maximum atomic E-state index is 11.6. The maximum Gasteiger partial charge on any atom is 0.241 e. The average molecular weight is 314 g/mol. The van der Waals surface area contributed by atoms with Gasteiger partial charge in [0.05, 0.1) is 6.61 Å². The van der Waals surface area contributed by atoms with Gasteiger partial charge in [-0.25, -0.2) is 13.6 Å². The zero-order valence-electron chi connectivity index (χ0n) is 12.4. The molecule has 0 amide bonds. The summed E-state index contributed by atoms with van der Waals surface area (Å²) < 4.78 is 34.5. The molecule has 0 aliphatic carbocycles. The second-order valence-electron chi connectivity index (χ2n) is 5.19. The van der Waals surface area contributed by atoms with Crippen LogP contribution in [0.25, 0.3) is 0 Å². The van der Waals surface area contributed by atoms with Gasteiger partial charge in [-0.3, -0.25) is 4.90 Å². The van der Waals surface area contributed by atoms with Crippen LogP contribution in [-0.2, 0) is 14.8 Å². The third-order valence-electron chi connectivity index (χ3n) is 3.50. The number of likely N-dealkylation sites (N-methyl/N-ethyl adjacent to an activating group) is 1. The highest BCUT2D eigenvalue weighted by Crippen LogP contribution is 2.24. The van der Waals surface area contributed by atoms with Gasteiger partial charge < -0.3 is 9.47 Å². The van der Waals surface area contributed by atoms with E-state index in [0.717, 1.165) is 25.2 Å². The Morgan fingerprint density at radius 2 is 2.24 bits per heavy atom. The van der Waals surface area contributed by atoms with Crippen LogP contribution in [0.2, 0.25) is 0 Å². The molecule has 1 aromatic rings. The molecule has 1 saturated heterocycles. The van der Waals surface area contributed by atoms with Crippen LogP contribution >= 0.6 is 0 Å². The molecule has 7 heteroatoms. The molecule has 6 nitrogen and oxygen atoms in total. The van der Waals surface area contributed by atoms with E-state index in [1.54, 1.807) is 12.1 Å². The lowest BCUT2D eigenvalue weighted by molar-refractivity contribution is -0.0467. The number of primary sulfonamides is 1. The topological polar surface area (TPSA) is 81.9 Å². The second kappa shape index (κ2) is 6.74. The van der Waals surface area contributed by atoms with Crippen LogP contribution in [0.3, 0.4) is 0 Å². The summed E-state index contributed by atoms with van der Waals surface area (Å²) in [6.45, 7) is 7.55. The van der Waals surface area contributed by atoms with Gasteiger partial charge in [0.2, 0.25) is 10.0 Å². The number of rotatable bonds is 5. The van der Waals surface area contributed by atoms with E-state index in [1.807, 2.05) is 6.92 Å². The molecular formula is C14H22N2O4S. The number of sulfonamides is 1. The summed E-state index contributed by atoms with van der Waals surface area (Å²) in [6, 6.07) is 4.95. The number of aryl methyl sites for hydroxylation is 1. The lowest BCUT2D eigenvalue weighted by atomic mass is 10.2. The molecule has 21 heavy (non-hydrogen) atoms. The number of ether oxygens (including phenoxy) is 2. The quantitative estimate of drug-likeness (QED) is 0.867. The van der Waals surface area contributed by atoms with Gasteiger partial charge in [-0.15, -0.1) is 0 Å². The SMILES string of the molecule is CCN1CCOC(COc2ccc(C)cc2S(N)(=O)=O)C1. The molecule has 1 atom stereocenters. The van der Waals surface area contributed by atoms with Crippen molar-refractivity contribution in [2.45, 2.75) is 24.8 Å². The molecule has 1 unspecified atom stereocenters. The lowest BCUT2D eigenvalue weighted by Gasteiger charge is -2.31. The Morgan fingerprint density at radius 3 is 2.90 bits per heavy atom. The van der Waals surface area contributed by atoms with Gasteiger partial charge in [-0.1, -0.05) is 13.0 Å². The Kier molecular flexibility index (Phi) is 5.21. The average Bonchev–Trinajstić information content (AvgIpc) is 2.45. The number of nitrogens with two attached hydrogens (primary N) is 1. The molecule has 1 aliphatic rings. The summed E-state index contributed by atoms with van der Waals surface area (Å²) in [6.07, 6.45) is -0.0617. The van der Waals surface area contributed by atoms with Crippen LogP contribution in [0.15, 0.2) is 23.1 Å². The van der Waals surface area contributed by atoms with E-state index >= 15 is 0 Å². The minimum atomic E-state index is -3.80. The normalized spacial score (nSPS) is 20.4. The molecule has 2 N–H and O–H groups in total. The van der Waals surface area contributed by atoms with Crippen molar-refractivity contribution in [1.82, 2.24) is 4.90 Å². The molecule has 0 spiro atoms. The number of nitrogens with zero attached hydrogens (tertiary/aromatic N) is 1. The van der Waals surface area contributed by atoms with Gasteiger partial charge in [0.1, 0.15) is 23.4 Å². The fourth-order valence-corrected chi connectivity index (χ4v) is 3.07. The van der Waals surface area contributed by atoms with Gasteiger partial charge in [0.15, 0.2) is 0 Å². The minimum absolute atomic E-state index is 0.0191. The lowest BCUT2D eigenvalue weighted by Crippen LogP contribution is -2.44. The molecule has 1 aromatic carbocycles. The van der Waals surface area contributed by atoms with Crippen LogP contribution in [0.5, 0.6) is 5.75 Å². The molecule has 2 rings (SSSR count). The van der Waals surface area contributed by atoms with E-state index in [-0.39, 0.29) is 16.7 Å². The Hall–Kier alpha value is -1.15. The highest BCUT2D eigenvalue weighted by atomic mass is 32.2. The van der Waals surface area contributed by atoms with E-state index in [1.165, 1.54) is 6.07 Å². The van der Waals surface area contributed by atoms with Crippen molar-refractivity contribution in [3.8, 4) is 5.75 Å². The van der Waals surface area contributed by atoms with E-state index < -0.39 is 10.0 Å². The number of morpholine rings is 1. The molecule has 0 radical (unpaired) electrons. The largest absolute Gasteiger partial charge is 0.489 e. The van der Waals surface area contributed by atoms with Crippen molar-refractivity contribution in [1.29, 1.82) is 0 Å². The summed E-state index contributed by atoms with van der Waals surface area (Å²) in [5.74, 6) is 0.278. The standard InChI is InChI=1S/C14H22N2O4S/c1-3-16-6-7-19-12(9-16)10-20-13-5-4-11(2)8-14(13)21(15,17)18/h4-5,8,12H,3,6-7,9-10H2,1-2H3,(H2,15,17,18). The van der Waals surface area contributed by atoms with Crippen LogP contribution in [0.4, 0.5) is 0 Å². The van der Waals surface area contributed by atoms with Crippen LogP contribution in [0.1, 0.15) is 12.5 Å². The van der Waals surface area contributed by atoms with Gasteiger partial charge >= 0.3 is 0 Å². The summed E-state index contributed by atoms with van der Waals surface area (Å²) >= 11 is 0. The summed E-state index contributed by atoms with van der Waals surface area (Å²) in [7, 11) is -3.80. The molecule has 1 fully saturated rings. The maximum absolute atomic E-state index is 11.6. The number of hydrogen-bond acceptors (Lipinski definition) is 5. The van der Waals surface area contributed by atoms with Gasteiger partial charge in [-0.2, -0.15) is 0 Å². The van der Waals surface area contributed by atoms with E-state index in [2.05, 4.69) is 11.8 Å². The number of benzene rings is 1. The van der Waals surface area contributed by atoms with Gasteiger partial charge in [0, 0.05) is 13.1 Å². The molecular weight excluding hydrogens is 292 g/mol. The second-order valence-corrected chi connectivity index (χ2v) is 6.72. The third-order valence-corrected chi connectivity index (χ3v) is 4.43. The highest BCUT2D eigenvalue weighted by Gasteiger charge is 2.21. The van der Waals surface area contributed by atoms with E-state index in [0.29, 0.717) is 13.2 Å². The molecule has 0 aromatic heterocycles. The molecule has 1 aliphatic heterocycles. The third kappa shape index (κ3) is 4.41. The zero-order valence-corrected chi connectivity index (χ0v) is 13.2. The molecule has 0 bridgehead atoms. The van der Waals surface area contributed by atoms with Crippen molar-refractivity contribution in [3.05, 3.63) is 23.8 Å². The first kappa shape index (κ1) is 16.2. The van der Waals surface area contributed by atoms with Crippen molar-refractivity contribution < 1.29 is 17.9 Å².